The summed E-state index contributed by atoms with van der Waals surface area (Å²) in [4.78, 5) is 23.2. The predicted molar refractivity (Wildman–Crippen MR) is 100 cm³/mol. The van der Waals surface area contributed by atoms with Crippen LogP contribution in [-0.2, 0) is 19.1 Å². The van der Waals surface area contributed by atoms with Crippen LogP contribution in [0.4, 0.5) is 0 Å². The first-order valence-corrected chi connectivity index (χ1v) is 10.1. The van der Waals surface area contributed by atoms with Gasteiger partial charge in [-0.15, -0.1) is 0 Å². The van der Waals surface area contributed by atoms with Crippen molar-refractivity contribution >= 4 is 11.8 Å². The van der Waals surface area contributed by atoms with Crippen LogP contribution in [0.5, 0.6) is 0 Å². The topological polar surface area (TPSA) is 113 Å². The Morgan fingerprint density at radius 1 is 1.07 bits per heavy atom. The maximum absolute atomic E-state index is 11.9. The molecule has 1 aliphatic heterocycles. The number of carbonyl (C=O) groups is 2. The summed E-state index contributed by atoms with van der Waals surface area (Å²) in [6, 6.07) is 0. The Kier molecular flexibility index (Phi) is 11.8. The fourth-order valence-corrected chi connectivity index (χ4v) is 3.00. The van der Waals surface area contributed by atoms with Gasteiger partial charge in [-0.2, -0.15) is 0 Å². The van der Waals surface area contributed by atoms with Crippen LogP contribution in [-0.4, -0.2) is 52.5 Å². The minimum Gasteiger partial charge on any atom is -0.499 e. The van der Waals surface area contributed by atoms with E-state index >= 15 is 0 Å². The van der Waals surface area contributed by atoms with E-state index in [1.807, 2.05) is 0 Å². The Hall–Kier alpha value is -1.60. The van der Waals surface area contributed by atoms with Crippen LogP contribution in [0.3, 0.4) is 0 Å². The van der Waals surface area contributed by atoms with Crippen molar-refractivity contribution in [1.29, 1.82) is 0 Å². The van der Waals surface area contributed by atoms with Gasteiger partial charge in [-0.05, 0) is 6.42 Å². The Bertz CT molecular complexity index is 487. The lowest BCUT2D eigenvalue weighted by Gasteiger charge is -2.18. The summed E-state index contributed by atoms with van der Waals surface area (Å²) >= 11 is 0. The Balaban J connectivity index is 2.14. The summed E-state index contributed by atoms with van der Waals surface area (Å²) in [5, 5.41) is 28.2. The van der Waals surface area contributed by atoms with Crippen LogP contribution < -0.4 is 0 Å². The number of unbranched alkanes of at least 4 members (excludes halogenated alkanes) is 9. The molecule has 1 rings (SSSR count). The van der Waals surface area contributed by atoms with Crippen LogP contribution in [0.2, 0.25) is 0 Å². The van der Waals surface area contributed by atoms with Crippen molar-refractivity contribution in [2.45, 2.75) is 89.8 Å². The molecule has 1 heterocycles. The van der Waals surface area contributed by atoms with Crippen molar-refractivity contribution in [3.63, 3.8) is 0 Å². The summed E-state index contributed by atoms with van der Waals surface area (Å²) in [7, 11) is 0. The number of hydrogen-bond donors (Lipinski definition) is 3. The van der Waals surface area contributed by atoms with Crippen LogP contribution in [0, 0.1) is 0 Å². The maximum Gasteiger partial charge on any atom is 0.378 e. The number of ketones is 1. The van der Waals surface area contributed by atoms with Gasteiger partial charge >= 0.3 is 5.97 Å². The molecule has 1 aliphatic rings. The normalized spacial score (nSPS) is 17.9. The molecule has 2 atom stereocenters. The number of carbonyl (C=O) groups excluding carboxylic acids is 2. The smallest absolute Gasteiger partial charge is 0.378 e. The highest BCUT2D eigenvalue weighted by Gasteiger charge is 2.40. The monoisotopic (exact) mass is 386 g/mol. The second kappa shape index (κ2) is 13.6. The number of esters is 1. The fourth-order valence-electron chi connectivity index (χ4n) is 3.00. The minimum atomic E-state index is -1.41. The van der Waals surface area contributed by atoms with Gasteiger partial charge in [0.2, 0.25) is 5.76 Å². The van der Waals surface area contributed by atoms with Gasteiger partial charge < -0.3 is 24.8 Å². The van der Waals surface area contributed by atoms with Crippen LogP contribution in [0.1, 0.15) is 77.6 Å². The van der Waals surface area contributed by atoms with Gasteiger partial charge in [-0.25, -0.2) is 4.79 Å². The van der Waals surface area contributed by atoms with E-state index < -0.39 is 30.5 Å². The second-order valence-electron chi connectivity index (χ2n) is 7.05. The van der Waals surface area contributed by atoms with Crippen molar-refractivity contribution < 1.29 is 34.4 Å². The highest BCUT2D eigenvalue weighted by atomic mass is 16.6. The van der Waals surface area contributed by atoms with Gasteiger partial charge in [0.25, 0.3) is 0 Å². The molecule has 0 amide bonds. The summed E-state index contributed by atoms with van der Waals surface area (Å²) in [5.41, 5.74) is 0. The van der Waals surface area contributed by atoms with Crippen molar-refractivity contribution in [3.05, 3.63) is 11.5 Å². The molecule has 0 fully saturated rings. The average Bonchev–Trinajstić information content (AvgIpc) is 2.95. The third kappa shape index (κ3) is 8.75. The van der Waals surface area contributed by atoms with Gasteiger partial charge in [0, 0.05) is 6.42 Å². The van der Waals surface area contributed by atoms with E-state index in [1.54, 1.807) is 0 Å². The molecule has 0 unspecified atom stereocenters. The summed E-state index contributed by atoms with van der Waals surface area (Å²) in [5.74, 6) is -2.24. The number of rotatable bonds is 16. The summed E-state index contributed by atoms with van der Waals surface area (Å²) in [6.45, 7) is 1.25. The molecule has 3 N–H and O–H groups in total. The SMILES string of the molecule is CCCCCCCCCCCCC(=O)COC1=C(O)C(=O)O[C@@H]1[C@@H](O)CO. The molecule has 0 aliphatic carbocycles. The standard InChI is InChI=1S/C20H34O7/c1-2-3-4-5-6-7-8-9-10-11-12-15(22)14-26-19-17(24)20(25)27-18(19)16(23)13-21/h16,18,21,23-24H,2-14H2,1H3/t16-,18+/m0/s1. The first-order chi connectivity index (χ1) is 13.0. The minimum absolute atomic E-state index is 0.147. The van der Waals surface area contributed by atoms with E-state index in [-0.39, 0.29) is 18.1 Å². The van der Waals surface area contributed by atoms with E-state index in [4.69, 9.17) is 14.6 Å². The van der Waals surface area contributed by atoms with Gasteiger partial charge in [0.15, 0.2) is 17.6 Å². The highest BCUT2D eigenvalue weighted by Crippen LogP contribution is 2.25. The number of hydrogen-bond acceptors (Lipinski definition) is 7. The van der Waals surface area contributed by atoms with Crippen molar-refractivity contribution in [3.8, 4) is 0 Å². The summed E-state index contributed by atoms with van der Waals surface area (Å²) in [6.07, 6.45) is 9.49. The molecule has 7 nitrogen and oxygen atoms in total. The highest BCUT2D eigenvalue weighted by molar-refractivity contribution is 5.89. The molecule has 156 valence electrons. The Morgan fingerprint density at radius 3 is 2.19 bits per heavy atom. The lowest BCUT2D eigenvalue weighted by molar-refractivity contribution is -0.148. The first kappa shape index (κ1) is 23.4. The predicted octanol–water partition coefficient (Wildman–Crippen LogP) is 2.93. The molecular weight excluding hydrogens is 352 g/mol. The van der Waals surface area contributed by atoms with E-state index in [1.165, 1.54) is 44.9 Å². The van der Waals surface area contributed by atoms with Crippen molar-refractivity contribution in [1.82, 2.24) is 0 Å². The Morgan fingerprint density at radius 2 is 1.63 bits per heavy atom. The van der Waals surface area contributed by atoms with Crippen LogP contribution in [0.15, 0.2) is 11.5 Å². The van der Waals surface area contributed by atoms with Gasteiger partial charge in [0.05, 0.1) is 6.61 Å². The molecule has 0 radical (unpaired) electrons. The zero-order valence-corrected chi connectivity index (χ0v) is 16.3. The molecule has 27 heavy (non-hydrogen) atoms. The quantitative estimate of drug-likeness (QED) is 0.276. The Labute approximate surface area is 161 Å². The van der Waals surface area contributed by atoms with Crippen molar-refractivity contribution in [2.24, 2.45) is 0 Å². The number of aliphatic hydroxyl groups is 3. The number of cyclic esters (lactones) is 1. The molecule has 0 saturated carbocycles. The molecule has 0 spiro atoms. The number of ether oxygens (including phenoxy) is 2. The van der Waals surface area contributed by atoms with Gasteiger partial charge in [0.1, 0.15) is 12.7 Å². The molecular formula is C20H34O7. The van der Waals surface area contributed by atoms with E-state index in [2.05, 4.69) is 6.92 Å². The van der Waals surface area contributed by atoms with Crippen molar-refractivity contribution in [2.75, 3.05) is 13.2 Å². The number of aliphatic hydroxyl groups excluding tert-OH is 3. The van der Waals surface area contributed by atoms with Crippen LogP contribution in [0.25, 0.3) is 0 Å². The number of Topliss-reactive ketones (excluding diaryl/α,β-unsaturated/α-hetero) is 1. The largest absolute Gasteiger partial charge is 0.499 e. The zero-order chi connectivity index (χ0) is 20.1. The average molecular weight is 386 g/mol. The fraction of sp³-hybridized carbons (Fsp3) is 0.800. The third-order valence-corrected chi connectivity index (χ3v) is 4.65. The van der Waals surface area contributed by atoms with Gasteiger partial charge in [-0.1, -0.05) is 64.7 Å². The molecule has 0 aromatic heterocycles. The molecule has 7 heteroatoms. The summed E-state index contributed by atoms with van der Waals surface area (Å²) < 4.78 is 9.92. The lowest BCUT2D eigenvalue weighted by Crippen LogP contribution is -2.33. The first-order valence-electron chi connectivity index (χ1n) is 10.1. The lowest BCUT2D eigenvalue weighted by atomic mass is 10.1. The van der Waals surface area contributed by atoms with E-state index in [0.717, 1.165) is 19.3 Å². The molecule has 0 aromatic carbocycles. The van der Waals surface area contributed by atoms with Crippen LogP contribution >= 0.6 is 0 Å². The third-order valence-electron chi connectivity index (χ3n) is 4.65. The van der Waals surface area contributed by atoms with Gasteiger partial charge in [-0.3, -0.25) is 4.79 Å². The van der Waals surface area contributed by atoms with E-state index in [9.17, 15) is 19.8 Å². The maximum atomic E-state index is 11.9. The van der Waals surface area contributed by atoms with E-state index in [0.29, 0.717) is 6.42 Å². The molecule has 0 bridgehead atoms. The zero-order valence-electron chi connectivity index (χ0n) is 16.3. The molecule has 0 saturated heterocycles. The second-order valence-corrected chi connectivity index (χ2v) is 7.05. The molecule has 0 aromatic rings.